The highest BCUT2D eigenvalue weighted by Gasteiger charge is 2.11. The first-order valence-electron chi connectivity index (χ1n) is 10.6. The number of rotatable bonds is 11. The minimum atomic E-state index is -0.555. The van der Waals surface area contributed by atoms with Crippen molar-refractivity contribution in [2.24, 2.45) is 0 Å². The summed E-state index contributed by atoms with van der Waals surface area (Å²) in [6, 6.07) is 11.8. The third-order valence-corrected chi connectivity index (χ3v) is 4.95. The number of carbonyl (C=O) groups is 4. The quantitative estimate of drug-likeness (QED) is 0.420. The van der Waals surface area contributed by atoms with Crippen molar-refractivity contribution in [3.8, 4) is 0 Å². The molecule has 0 spiro atoms. The molecular formula is C24H27BrN2O6. The maximum atomic E-state index is 12.1. The molecule has 2 N–H and O–H groups in total. The molecule has 0 saturated carbocycles. The van der Waals surface area contributed by atoms with E-state index in [-0.39, 0.29) is 25.2 Å². The number of halogens is 1. The number of hydrogen-bond acceptors (Lipinski definition) is 6. The van der Waals surface area contributed by atoms with Crippen molar-refractivity contribution in [1.29, 1.82) is 0 Å². The predicted octanol–water partition coefficient (Wildman–Crippen LogP) is 4.62. The standard InChI is InChI=1S/C24H27BrN2O6/c1-3-13-32-24(31)17-7-10-19(11-8-17)26-21(28)5-4-6-23(30)33-15-22(29)27-20-12-9-18(25)14-16(20)2/h7-12,14H,3-6,13,15H2,1-2H3,(H,26,28)(H,27,29). The zero-order valence-electron chi connectivity index (χ0n) is 18.6. The van der Waals surface area contributed by atoms with Gasteiger partial charge in [-0.3, -0.25) is 14.4 Å². The molecule has 2 aromatic carbocycles. The van der Waals surface area contributed by atoms with Crippen LogP contribution in [0.5, 0.6) is 0 Å². The average molecular weight is 519 g/mol. The van der Waals surface area contributed by atoms with Gasteiger partial charge in [-0.25, -0.2) is 4.79 Å². The first-order valence-corrected chi connectivity index (χ1v) is 11.4. The molecule has 0 unspecified atom stereocenters. The van der Waals surface area contributed by atoms with E-state index in [0.29, 0.717) is 23.5 Å². The van der Waals surface area contributed by atoms with Gasteiger partial charge in [-0.1, -0.05) is 22.9 Å². The van der Waals surface area contributed by atoms with Crippen molar-refractivity contribution < 1.29 is 28.7 Å². The second kappa shape index (κ2) is 13.4. The van der Waals surface area contributed by atoms with Gasteiger partial charge >= 0.3 is 11.9 Å². The molecule has 0 bridgehead atoms. The van der Waals surface area contributed by atoms with E-state index in [1.54, 1.807) is 36.4 Å². The second-order valence-electron chi connectivity index (χ2n) is 7.28. The van der Waals surface area contributed by atoms with E-state index < -0.39 is 24.5 Å². The van der Waals surface area contributed by atoms with Crippen molar-refractivity contribution >= 4 is 51.1 Å². The van der Waals surface area contributed by atoms with Gasteiger partial charge in [0.2, 0.25) is 5.91 Å². The van der Waals surface area contributed by atoms with Crippen LogP contribution in [0, 0.1) is 6.92 Å². The normalized spacial score (nSPS) is 10.3. The lowest BCUT2D eigenvalue weighted by Gasteiger charge is -2.09. The molecule has 2 amide bonds. The molecule has 2 rings (SSSR count). The first kappa shape index (κ1) is 26.1. The van der Waals surface area contributed by atoms with E-state index in [4.69, 9.17) is 9.47 Å². The van der Waals surface area contributed by atoms with Crippen LogP contribution in [0.15, 0.2) is 46.9 Å². The van der Waals surface area contributed by atoms with Crippen molar-refractivity contribution in [2.75, 3.05) is 23.8 Å². The predicted molar refractivity (Wildman–Crippen MR) is 128 cm³/mol. The molecule has 0 fully saturated rings. The molecule has 0 aromatic heterocycles. The summed E-state index contributed by atoms with van der Waals surface area (Å²) in [5.41, 5.74) is 2.46. The van der Waals surface area contributed by atoms with Crippen LogP contribution in [0.25, 0.3) is 0 Å². The summed E-state index contributed by atoms with van der Waals surface area (Å²) >= 11 is 3.35. The third-order valence-electron chi connectivity index (χ3n) is 4.45. The zero-order valence-corrected chi connectivity index (χ0v) is 20.2. The number of esters is 2. The van der Waals surface area contributed by atoms with Crippen LogP contribution in [0.2, 0.25) is 0 Å². The minimum Gasteiger partial charge on any atom is -0.462 e. The molecule has 33 heavy (non-hydrogen) atoms. The van der Waals surface area contributed by atoms with Crippen molar-refractivity contribution in [3.05, 3.63) is 58.1 Å². The summed E-state index contributed by atoms with van der Waals surface area (Å²) in [5.74, 6) is -1.67. The zero-order chi connectivity index (χ0) is 24.2. The molecule has 0 aliphatic heterocycles. The number of carbonyl (C=O) groups excluding carboxylic acids is 4. The molecule has 0 aliphatic rings. The third kappa shape index (κ3) is 9.44. The Morgan fingerprint density at radius 2 is 1.64 bits per heavy atom. The number of hydrogen-bond donors (Lipinski definition) is 2. The fourth-order valence-electron chi connectivity index (χ4n) is 2.76. The van der Waals surface area contributed by atoms with Gasteiger partial charge in [0.25, 0.3) is 5.91 Å². The number of amides is 2. The summed E-state index contributed by atoms with van der Waals surface area (Å²) in [5, 5.41) is 5.39. The molecule has 0 radical (unpaired) electrons. The Labute approximate surface area is 201 Å². The van der Waals surface area contributed by atoms with Crippen LogP contribution in [-0.2, 0) is 23.9 Å². The van der Waals surface area contributed by atoms with Gasteiger partial charge in [0.15, 0.2) is 6.61 Å². The highest BCUT2D eigenvalue weighted by Crippen LogP contribution is 2.20. The SMILES string of the molecule is CCCOC(=O)c1ccc(NC(=O)CCCC(=O)OCC(=O)Nc2ccc(Br)cc2C)cc1. The maximum absolute atomic E-state index is 12.1. The fourth-order valence-corrected chi connectivity index (χ4v) is 3.23. The van der Waals surface area contributed by atoms with E-state index in [9.17, 15) is 19.2 Å². The Bertz CT molecular complexity index is 991. The molecule has 0 aliphatic carbocycles. The maximum Gasteiger partial charge on any atom is 0.338 e. The Morgan fingerprint density at radius 3 is 2.30 bits per heavy atom. The highest BCUT2D eigenvalue weighted by molar-refractivity contribution is 9.10. The smallest absolute Gasteiger partial charge is 0.338 e. The lowest BCUT2D eigenvalue weighted by molar-refractivity contribution is -0.147. The number of aryl methyl sites for hydroxylation is 1. The van der Waals surface area contributed by atoms with Crippen LogP contribution in [0.4, 0.5) is 11.4 Å². The number of anilines is 2. The van der Waals surface area contributed by atoms with Gasteiger partial charge in [0.05, 0.1) is 12.2 Å². The molecule has 9 heteroatoms. The lowest BCUT2D eigenvalue weighted by Crippen LogP contribution is -2.21. The van der Waals surface area contributed by atoms with Crippen LogP contribution in [0.1, 0.15) is 48.5 Å². The number of nitrogens with one attached hydrogen (secondary N) is 2. The Morgan fingerprint density at radius 1 is 0.909 bits per heavy atom. The topological polar surface area (TPSA) is 111 Å². The largest absolute Gasteiger partial charge is 0.462 e. The van der Waals surface area contributed by atoms with Crippen molar-refractivity contribution in [1.82, 2.24) is 0 Å². The second-order valence-corrected chi connectivity index (χ2v) is 8.20. The van der Waals surface area contributed by atoms with Crippen LogP contribution >= 0.6 is 15.9 Å². The summed E-state index contributed by atoms with van der Waals surface area (Å²) in [7, 11) is 0. The fraction of sp³-hybridized carbons (Fsp3) is 0.333. The molecule has 176 valence electrons. The summed E-state index contributed by atoms with van der Waals surface area (Å²) in [6.07, 6.45) is 1.14. The van der Waals surface area contributed by atoms with Gasteiger partial charge in [-0.15, -0.1) is 0 Å². The molecule has 0 atom stereocenters. The van der Waals surface area contributed by atoms with Crippen molar-refractivity contribution in [2.45, 2.75) is 39.5 Å². The Hall–Kier alpha value is -3.20. The van der Waals surface area contributed by atoms with Gasteiger partial charge in [0, 0.05) is 28.7 Å². The molecule has 0 heterocycles. The lowest BCUT2D eigenvalue weighted by atomic mass is 10.2. The van der Waals surface area contributed by atoms with E-state index in [0.717, 1.165) is 16.5 Å². The summed E-state index contributed by atoms with van der Waals surface area (Å²) < 4.78 is 10.9. The van der Waals surface area contributed by atoms with Crippen LogP contribution in [0.3, 0.4) is 0 Å². The van der Waals surface area contributed by atoms with Gasteiger partial charge in [0.1, 0.15) is 0 Å². The highest BCUT2D eigenvalue weighted by atomic mass is 79.9. The van der Waals surface area contributed by atoms with E-state index in [2.05, 4.69) is 26.6 Å². The number of benzene rings is 2. The van der Waals surface area contributed by atoms with E-state index in [1.807, 2.05) is 19.9 Å². The Balaban J connectivity index is 1.65. The molecule has 0 saturated heterocycles. The monoisotopic (exact) mass is 518 g/mol. The van der Waals surface area contributed by atoms with Crippen LogP contribution < -0.4 is 10.6 Å². The Kier molecular flexibility index (Phi) is 10.6. The van der Waals surface area contributed by atoms with Gasteiger partial charge in [-0.05, 0) is 67.8 Å². The molecule has 8 nitrogen and oxygen atoms in total. The van der Waals surface area contributed by atoms with Crippen LogP contribution in [-0.4, -0.2) is 37.0 Å². The average Bonchev–Trinajstić information content (AvgIpc) is 2.78. The number of ether oxygens (including phenoxy) is 2. The van der Waals surface area contributed by atoms with Crippen molar-refractivity contribution in [3.63, 3.8) is 0 Å². The molecular weight excluding hydrogens is 492 g/mol. The molecule has 2 aromatic rings. The van der Waals surface area contributed by atoms with E-state index >= 15 is 0 Å². The minimum absolute atomic E-state index is 0.0141. The summed E-state index contributed by atoms with van der Waals surface area (Å²) in [6.45, 7) is 3.73. The summed E-state index contributed by atoms with van der Waals surface area (Å²) in [4.78, 5) is 47.6. The van der Waals surface area contributed by atoms with E-state index in [1.165, 1.54) is 0 Å². The first-order chi connectivity index (χ1) is 15.8. The van der Waals surface area contributed by atoms with Gasteiger partial charge < -0.3 is 20.1 Å². The van der Waals surface area contributed by atoms with Gasteiger partial charge in [-0.2, -0.15) is 0 Å².